The molecule has 0 saturated carbocycles. The Balaban J connectivity index is 1.49. The van der Waals surface area contributed by atoms with Gasteiger partial charge in [-0.15, -0.1) is 0 Å². The van der Waals surface area contributed by atoms with Crippen molar-refractivity contribution in [3.8, 4) is 17.2 Å². The van der Waals surface area contributed by atoms with Gasteiger partial charge in [-0.1, -0.05) is 30.3 Å². The van der Waals surface area contributed by atoms with Crippen LogP contribution in [0.3, 0.4) is 0 Å². The molecular formula is C22H24N2O3. The number of nitrogens with one attached hydrogen (secondary N) is 1. The molecule has 1 N–H and O–H groups in total. The van der Waals surface area contributed by atoms with E-state index in [0.717, 1.165) is 28.3 Å². The van der Waals surface area contributed by atoms with Crippen molar-refractivity contribution in [1.82, 2.24) is 10.3 Å². The zero-order valence-electron chi connectivity index (χ0n) is 15.7. The summed E-state index contributed by atoms with van der Waals surface area (Å²) in [6.07, 6.45) is 0.983. The number of carbonyl (C=O) groups is 1. The summed E-state index contributed by atoms with van der Waals surface area (Å²) in [7, 11) is 0. The van der Waals surface area contributed by atoms with Gasteiger partial charge >= 0.3 is 0 Å². The van der Waals surface area contributed by atoms with Crippen LogP contribution in [0.5, 0.6) is 5.75 Å². The molecule has 1 aromatic heterocycles. The molecule has 1 amide bonds. The number of oxazole rings is 1. The molecule has 140 valence electrons. The number of aryl methyl sites for hydroxylation is 1. The fourth-order valence-corrected chi connectivity index (χ4v) is 2.80. The van der Waals surface area contributed by atoms with Crippen molar-refractivity contribution in [1.29, 1.82) is 0 Å². The number of benzene rings is 2. The van der Waals surface area contributed by atoms with Gasteiger partial charge in [-0.25, -0.2) is 4.98 Å². The van der Waals surface area contributed by atoms with Gasteiger partial charge in [-0.3, -0.25) is 4.79 Å². The molecule has 0 bridgehead atoms. The molecule has 3 aromatic rings. The molecule has 0 atom stereocenters. The summed E-state index contributed by atoms with van der Waals surface area (Å²) >= 11 is 0. The van der Waals surface area contributed by atoms with Gasteiger partial charge in [0.2, 0.25) is 11.8 Å². The van der Waals surface area contributed by atoms with E-state index in [1.165, 1.54) is 0 Å². The first-order valence-electron chi connectivity index (χ1n) is 9.16. The maximum atomic E-state index is 12.1. The minimum atomic E-state index is -0.0106. The predicted molar refractivity (Wildman–Crippen MR) is 105 cm³/mol. The van der Waals surface area contributed by atoms with Crippen molar-refractivity contribution < 1.29 is 13.9 Å². The van der Waals surface area contributed by atoms with Crippen LogP contribution in [0.25, 0.3) is 11.5 Å². The van der Waals surface area contributed by atoms with Crippen LogP contribution in [-0.4, -0.2) is 24.0 Å². The third-order valence-corrected chi connectivity index (χ3v) is 4.20. The number of hydrogen-bond donors (Lipinski definition) is 1. The van der Waals surface area contributed by atoms with Crippen molar-refractivity contribution in [2.75, 3.05) is 13.2 Å². The molecule has 2 aromatic carbocycles. The lowest BCUT2D eigenvalue weighted by atomic mass is 10.1. The first-order valence-corrected chi connectivity index (χ1v) is 9.16. The van der Waals surface area contributed by atoms with Gasteiger partial charge in [0.1, 0.15) is 11.5 Å². The van der Waals surface area contributed by atoms with E-state index in [-0.39, 0.29) is 5.91 Å². The molecule has 0 saturated heterocycles. The summed E-state index contributed by atoms with van der Waals surface area (Å²) in [4.78, 5) is 16.7. The normalized spacial score (nSPS) is 10.6. The standard InChI is InChI=1S/C22H24N2O3/c1-3-26-19-11-9-17(10-12-19)15-21(25)23-14-13-20-16(2)27-22(24-20)18-7-5-4-6-8-18/h4-12H,3,13-15H2,1-2H3,(H,23,25). The fraction of sp³-hybridized carbons (Fsp3) is 0.273. The van der Waals surface area contributed by atoms with Crippen LogP contribution in [-0.2, 0) is 17.6 Å². The third kappa shape index (κ3) is 5.20. The monoisotopic (exact) mass is 364 g/mol. The number of carbonyl (C=O) groups excluding carboxylic acids is 1. The molecule has 5 heteroatoms. The summed E-state index contributed by atoms with van der Waals surface area (Å²) in [5.74, 6) is 2.21. The van der Waals surface area contributed by atoms with Crippen LogP contribution in [0.4, 0.5) is 0 Å². The van der Waals surface area contributed by atoms with Crippen LogP contribution in [0.1, 0.15) is 23.9 Å². The molecule has 0 aliphatic heterocycles. The van der Waals surface area contributed by atoms with Crippen LogP contribution < -0.4 is 10.1 Å². The lowest BCUT2D eigenvalue weighted by Crippen LogP contribution is -2.27. The van der Waals surface area contributed by atoms with Crippen molar-refractivity contribution in [3.05, 3.63) is 71.6 Å². The molecule has 5 nitrogen and oxygen atoms in total. The Hall–Kier alpha value is -3.08. The molecule has 3 rings (SSSR count). The number of rotatable bonds is 8. The summed E-state index contributed by atoms with van der Waals surface area (Å²) in [5, 5.41) is 2.94. The highest BCUT2D eigenvalue weighted by molar-refractivity contribution is 5.78. The van der Waals surface area contributed by atoms with E-state index in [1.807, 2.05) is 68.4 Å². The first-order chi connectivity index (χ1) is 13.2. The van der Waals surface area contributed by atoms with Crippen molar-refractivity contribution in [2.45, 2.75) is 26.7 Å². The minimum absolute atomic E-state index is 0.0106. The number of nitrogens with zero attached hydrogens (tertiary/aromatic N) is 1. The first kappa shape index (κ1) is 18.7. The summed E-state index contributed by atoms with van der Waals surface area (Å²) < 4.78 is 11.2. The highest BCUT2D eigenvalue weighted by Gasteiger charge is 2.11. The van der Waals surface area contributed by atoms with E-state index in [4.69, 9.17) is 9.15 Å². The lowest BCUT2D eigenvalue weighted by Gasteiger charge is -2.06. The van der Waals surface area contributed by atoms with Gasteiger partial charge in [-0.2, -0.15) is 0 Å². The maximum absolute atomic E-state index is 12.1. The molecule has 1 heterocycles. The average molecular weight is 364 g/mol. The van der Waals surface area contributed by atoms with Crippen molar-refractivity contribution in [3.63, 3.8) is 0 Å². The van der Waals surface area contributed by atoms with Crippen LogP contribution in [0.15, 0.2) is 59.0 Å². The SMILES string of the molecule is CCOc1ccc(CC(=O)NCCc2nc(-c3ccccc3)oc2C)cc1. The smallest absolute Gasteiger partial charge is 0.226 e. The number of hydrogen-bond acceptors (Lipinski definition) is 4. The molecule has 0 unspecified atom stereocenters. The Bertz CT molecular complexity index is 870. The number of amides is 1. The Kier molecular flexibility index (Phi) is 6.26. The van der Waals surface area contributed by atoms with E-state index < -0.39 is 0 Å². The highest BCUT2D eigenvalue weighted by Crippen LogP contribution is 2.21. The fourth-order valence-electron chi connectivity index (χ4n) is 2.80. The Morgan fingerprint density at radius 1 is 1.11 bits per heavy atom. The van der Waals surface area contributed by atoms with Gasteiger partial charge in [-0.05, 0) is 43.7 Å². The van der Waals surface area contributed by atoms with Crippen LogP contribution in [0.2, 0.25) is 0 Å². The van der Waals surface area contributed by atoms with Gasteiger partial charge in [0.05, 0.1) is 18.7 Å². The number of ether oxygens (including phenoxy) is 1. The molecule has 0 aliphatic rings. The third-order valence-electron chi connectivity index (χ3n) is 4.20. The molecule has 0 fully saturated rings. The zero-order chi connectivity index (χ0) is 19.1. The van der Waals surface area contributed by atoms with Crippen molar-refractivity contribution >= 4 is 5.91 Å². The average Bonchev–Trinajstić information content (AvgIpc) is 3.05. The quantitative estimate of drug-likeness (QED) is 0.657. The van der Waals surface area contributed by atoms with Gasteiger partial charge in [0, 0.05) is 18.5 Å². The van der Waals surface area contributed by atoms with E-state index in [1.54, 1.807) is 0 Å². The van der Waals surface area contributed by atoms with E-state index >= 15 is 0 Å². The zero-order valence-corrected chi connectivity index (χ0v) is 15.7. The molecule has 0 spiro atoms. The van der Waals surface area contributed by atoms with Crippen LogP contribution in [0, 0.1) is 6.92 Å². The number of aromatic nitrogens is 1. The van der Waals surface area contributed by atoms with E-state index in [9.17, 15) is 4.79 Å². The summed E-state index contributed by atoms with van der Waals surface area (Å²) in [6, 6.07) is 17.4. The molecule has 0 radical (unpaired) electrons. The second kappa shape index (κ2) is 9.03. The molecule has 0 aliphatic carbocycles. The van der Waals surface area contributed by atoms with Crippen molar-refractivity contribution in [2.24, 2.45) is 0 Å². The van der Waals surface area contributed by atoms with E-state index in [2.05, 4.69) is 10.3 Å². The molecular weight excluding hydrogens is 340 g/mol. The lowest BCUT2D eigenvalue weighted by molar-refractivity contribution is -0.120. The summed E-state index contributed by atoms with van der Waals surface area (Å²) in [6.45, 7) is 5.00. The minimum Gasteiger partial charge on any atom is -0.494 e. The van der Waals surface area contributed by atoms with Crippen LogP contribution >= 0.6 is 0 Å². The Morgan fingerprint density at radius 2 is 1.85 bits per heavy atom. The second-order valence-electron chi connectivity index (χ2n) is 6.24. The van der Waals surface area contributed by atoms with Gasteiger partial charge in [0.25, 0.3) is 0 Å². The predicted octanol–water partition coefficient (Wildman–Crippen LogP) is 3.95. The van der Waals surface area contributed by atoms with E-state index in [0.29, 0.717) is 31.9 Å². The summed E-state index contributed by atoms with van der Waals surface area (Å²) in [5.41, 5.74) is 2.78. The topological polar surface area (TPSA) is 64.4 Å². The second-order valence-corrected chi connectivity index (χ2v) is 6.24. The molecule has 27 heavy (non-hydrogen) atoms. The maximum Gasteiger partial charge on any atom is 0.226 e. The highest BCUT2D eigenvalue weighted by atomic mass is 16.5. The Labute approximate surface area is 159 Å². The Morgan fingerprint density at radius 3 is 2.56 bits per heavy atom. The van der Waals surface area contributed by atoms with Gasteiger partial charge in [0.15, 0.2) is 0 Å². The largest absolute Gasteiger partial charge is 0.494 e. The van der Waals surface area contributed by atoms with Gasteiger partial charge < -0.3 is 14.5 Å².